The highest BCUT2D eigenvalue weighted by Gasteiger charge is 2.18. The molecule has 1 aliphatic rings. The molecule has 0 spiro atoms. The number of carbonyl (C=O) groups is 2. The fraction of sp³-hybridized carbons (Fsp3) is 0.364. The zero-order valence-corrected chi connectivity index (χ0v) is 16.7. The minimum atomic E-state index is -0.189. The molecule has 0 bridgehead atoms. The van der Waals surface area contributed by atoms with Gasteiger partial charge in [0.25, 0.3) is 5.91 Å². The number of hydrogen-bond donors (Lipinski definition) is 2. The summed E-state index contributed by atoms with van der Waals surface area (Å²) in [6, 6.07) is 17.2. The maximum absolute atomic E-state index is 12.5. The third-order valence-electron chi connectivity index (χ3n) is 4.52. The van der Waals surface area contributed by atoms with Crippen LogP contribution in [0.5, 0.6) is 0 Å². The van der Waals surface area contributed by atoms with E-state index >= 15 is 0 Å². The van der Waals surface area contributed by atoms with Gasteiger partial charge >= 0.3 is 0 Å². The van der Waals surface area contributed by atoms with E-state index in [4.69, 9.17) is 4.74 Å². The second kappa shape index (κ2) is 10.9. The second-order valence-electron chi connectivity index (χ2n) is 6.70. The van der Waals surface area contributed by atoms with Crippen LogP contribution in [-0.2, 0) is 9.53 Å². The first-order valence-corrected chi connectivity index (χ1v) is 10.7. The maximum atomic E-state index is 12.5. The van der Waals surface area contributed by atoms with Crippen molar-refractivity contribution in [3.05, 3.63) is 60.2 Å². The standard InChI is InChI=1S/C22H26N2O3S/c25-21(13-7-15-28-18-9-2-1-3-10-18)24-20-12-5-4-11-19(20)22(26)23-16-17-8-6-14-27-17/h1-5,9-12,17H,6-8,13-16H2,(H,23,26)(H,24,25). The molecule has 1 saturated heterocycles. The van der Waals surface area contributed by atoms with Crippen molar-refractivity contribution in [3.8, 4) is 0 Å². The first-order valence-electron chi connectivity index (χ1n) is 9.69. The van der Waals surface area contributed by atoms with Gasteiger partial charge < -0.3 is 15.4 Å². The Bertz CT molecular complexity index is 776. The van der Waals surface area contributed by atoms with Gasteiger partial charge in [-0.1, -0.05) is 30.3 Å². The number of anilines is 1. The van der Waals surface area contributed by atoms with Crippen molar-refractivity contribution in [3.63, 3.8) is 0 Å². The predicted octanol–water partition coefficient (Wildman–Crippen LogP) is 4.11. The van der Waals surface area contributed by atoms with E-state index in [1.165, 1.54) is 4.90 Å². The molecule has 28 heavy (non-hydrogen) atoms. The number of carbonyl (C=O) groups excluding carboxylic acids is 2. The molecule has 148 valence electrons. The SMILES string of the molecule is O=C(CCCSc1ccccc1)Nc1ccccc1C(=O)NCC1CCCO1. The molecule has 1 atom stereocenters. The molecule has 1 fully saturated rings. The van der Waals surface area contributed by atoms with E-state index in [1.54, 1.807) is 30.0 Å². The van der Waals surface area contributed by atoms with E-state index in [0.717, 1.165) is 31.6 Å². The zero-order valence-electron chi connectivity index (χ0n) is 15.9. The fourth-order valence-corrected chi connectivity index (χ4v) is 3.92. The van der Waals surface area contributed by atoms with Gasteiger partial charge in [0, 0.05) is 24.5 Å². The second-order valence-corrected chi connectivity index (χ2v) is 7.87. The molecule has 2 aromatic rings. The Balaban J connectivity index is 1.45. The van der Waals surface area contributed by atoms with Crippen LogP contribution in [0.1, 0.15) is 36.0 Å². The molecule has 1 aliphatic heterocycles. The third-order valence-corrected chi connectivity index (χ3v) is 5.62. The Kier molecular flexibility index (Phi) is 7.94. The minimum absolute atomic E-state index is 0.0759. The van der Waals surface area contributed by atoms with Gasteiger partial charge in [-0.25, -0.2) is 0 Å². The van der Waals surface area contributed by atoms with Gasteiger partial charge in [0.2, 0.25) is 5.91 Å². The zero-order chi connectivity index (χ0) is 19.6. The average Bonchev–Trinajstić information content (AvgIpc) is 3.24. The molecule has 1 unspecified atom stereocenters. The lowest BCUT2D eigenvalue weighted by Gasteiger charge is -2.13. The average molecular weight is 399 g/mol. The number of thioether (sulfide) groups is 1. The lowest BCUT2D eigenvalue weighted by molar-refractivity contribution is -0.116. The van der Waals surface area contributed by atoms with Crippen molar-refractivity contribution in [2.24, 2.45) is 0 Å². The van der Waals surface area contributed by atoms with Gasteiger partial charge in [0.1, 0.15) is 0 Å². The number of rotatable bonds is 9. The quantitative estimate of drug-likeness (QED) is 0.493. The van der Waals surface area contributed by atoms with E-state index in [2.05, 4.69) is 22.8 Å². The monoisotopic (exact) mass is 398 g/mol. The summed E-state index contributed by atoms with van der Waals surface area (Å²) in [6.45, 7) is 1.26. The Morgan fingerprint density at radius 2 is 1.86 bits per heavy atom. The van der Waals surface area contributed by atoms with E-state index < -0.39 is 0 Å². The topological polar surface area (TPSA) is 67.4 Å². The van der Waals surface area contributed by atoms with Crippen LogP contribution < -0.4 is 10.6 Å². The molecule has 3 rings (SSSR count). The van der Waals surface area contributed by atoms with Crippen molar-refractivity contribution in [2.75, 3.05) is 24.2 Å². The number of ether oxygens (including phenoxy) is 1. The number of benzene rings is 2. The Hall–Kier alpha value is -2.31. The normalized spacial score (nSPS) is 15.9. The molecule has 0 saturated carbocycles. The van der Waals surface area contributed by atoms with Crippen molar-refractivity contribution < 1.29 is 14.3 Å². The smallest absolute Gasteiger partial charge is 0.253 e. The van der Waals surface area contributed by atoms with Crippen molar-refractivity contribution in [1.82, 2.24) is 5.32 Å². The third kappa shape index (κ3) is 6.39. The van der Waals surface area contributed by atoms with Crippen molar-refractivity contribution in [1.29, 1.82) is 0 Å². The predicted molar refractivity (Wildman–Crippen MR) is 113 cm³/mol. The lowest BCUT2D eigenvalue weighted by Crippen LogP contribution is -2.32. The van der Waals surface area contributed by atoms with Crippen LogP contribution in [0.4, 0.5) is 5.69 Å². The van der Waals surface area contributed by atoms with Gasteiger partial charge in [0.15, 0.2) is 0 Å². The highest BCUT2D eigenvalue weighted by Crippen LogP contribution is 2.19. The molecule has 0 aromatic heterocycles. The molecule has 1 heterocycles. The lowest BCUT2D eigenvalue weighted by atomic mass is 10.1. The Labute approximate surface area is 170 Å². The molecule has 2 N–H and O–H groups in total. The molecule has 0 radical (unpaired) electrons. The number of hydrogen-bond acceptors (Lipinski definition) is 4. The summed E-state index contributed by atoms with van der Waals surface area (Å²) in [6.07, 6.45) is 3.30. The molecular formula is C22H26N2O3S. The van der Waals surface area contributed by atoms with Gasteiger partial charge in [-0.05, 0) is 49.3 Å². The number of nitrogens with one attached hydrogen (secondary N) is 2. The van der Waals surface area contributed by atoms with Crippen molar-refractivity contribution in [2.45, 2.75) is 36.7 Å². The van der Waals surface area contributed by atoms with Gasteiger partial charge in [-0.15, -0.1) is 11.8 Å². The Morgan fingerprint density at radius 3 is 2.64 bits per heavy atom. The molecular weight excluding hydrogens is 372 g/mol. The molecule has 0 aliphatic carbocycles. The fourth-order valence-electron chi connectivity index (χ4n) is 3.05. The maximum Gasteiger partial charge on any atom is 0.253 e. The highest BCUT2D eigenvalue weighted by molar-refractivity contribution is 7.99. The first kappa shape index (κ1) is 20.4. The van der Waals surface area contributed by atoms with E-state index in [0.29, 0.717) is 24.2 Å². The van der Waals surface area contributed by atoms with Gasteiger partial charge in [-0.2, -0.15) is 0 Å². The van der Waals surface area contributed by atoms with E-state index in [1.807, 2.05) is 24.3 Å². The largest absolute Gasteiger partial charge is 0.376 e. The number of amides is 2. The van der Waals surface area contributed by atoms with Crippen LogP contribution in [0.2, 0.25) is 0 Å². The number of para-hydroxylation sites is 1. The summed E-state index contributed by atoms with van der Waals surface area (Å²) in [5, 5.41) is 5.78. The van der Waals surface area contributed by atoms with Crippen LogP contribution in [0.25, 0.3) is 0 Å². The van der Waals surface area contributed by atoms with Crippen LogP contribution in [0.3, 0.4) is 0 Å². The van der Waals surface area contributed by atoms with Crippen LogP contribution in [0.15, 0.2) is 59.5 Å². The Morgan fingerprint density at radius 1 is 1.07 bits per heavy atom. The van der Waals surface area contributed by atoms with E-state index in [-0.39, 0.29) is 17.9 Å². The van der Waals surface area contributed by atoms with Crippen LogP contribution in [-0.4, -0.2) is 36.8 Å². The highest BCUT2D eigenvalue weighted by atomic mass is 32.2. The van der Waals surface area contributed by atoms with Gasteiger partial charge in [0.05, 0.1) is 17.4 Å². The molecule has 5 nitrogen and oxygen atoms in total. The summed E-state index contributed by atoms with van der Waals surface area (Å²) in [4.78, 5) is 26.0. The summed E-state index contributed by atoms with van der Waals surface area (Å²) in [5.74, 6) is 0.611. The first-order chi connectivity index (χ1) is 13.7. The van der Waals surface area contributed by atoms with Crippen LogP contribution in [0, 0.1) is 0 Å². The molecule has 2 aromatic carbocycles. The summed E-state index contributed by atoms with van der Waals surface area (Å²) >= 11 is 1.74. The summed E-state index contributed by atoms with van der Waals surface area (Å²) in [5.41, 5.74) is 1.03. The molecule has 2 amide bonds. The van der Waals surface area contributed by atoms with Crippen molar-refractivity contribution >= 4 is 29.3 Å². The summed E-state index contributed by atoms with van der Waals surface area (Å²) in [7, 11) is 0. The van der Waals surface area contributed by atoms with E-state index in [9.17, 15) is 9.59 Å². The summed E-state index contributed by atoms with van der Waals surface area (Å²) < 4.78 is 5.53. The van der Waals surface area contributed by atoms with Gasteiger partial charge in [-0.3, -0.25) is 9.59 Å². The minimum Gasteiger partial charge on any atom is -0.376 e. The molecule has 6 heteroatoms. The van der Waals surface area contributed by atoms with Crippen LogP contribution >= 0.6 is 11.8 Å².